The van der Waals surface area contributed by atoms with Gasteiger partial charge in [0.2, 0.25) is 0 Å². The first-order valence-electron chi connectivity index (χ1n) is 6.74. The lowest BCUT2D eigenvalue weighted by atomic mass is 10.1. The van der Waals surface area contributed by atoms with Crippen molar-refractivity contribution in [2.24, 2.45) is 0 Å². The number of nitrogens with one attached hydrogen (secondary N) is 1. The molecule has 0 fully saturated rings. The minimum Gasteiger partial charge on any atom is -0.496 e. The van der Waals surface area contributed by atoms with Gasteiger partial charge in [0.1, 0.15) is 5.75 Å². The van der Waals surface area contributed by atoms with Gasteiger partial charge in [0, 0.05) is 6.54 Å². The normalized spacial score (nSPS) is 9.91. The molecule has 0 radical (unpaired) electrons. The summed E-state index contributed by atoms with van der Waals surface area (Å²) in [5.74, 6) is -0.0693. The third-order valence-electron chi connectivity index (χ3n) is 3.18. The molecule has 0 aliphatic carbocycles. The molecule has 0 saturated heterocycles. The fourth-order valence-corrected chi connectivity index (χ4v) is 1.99. The zero-order valence-electron chi connectivity index (χ0n) is 12.5. The molecule has 0 saturated carbocycles. The summed E-state index contributed by atoms with van der Waals surface area (Å²) < 4.78 is 9.80. The maximum absolute atomic E-state index is 12.2. The van der Waals surface area contributed by atoms with E-state index >= 15 is 0 Å². The number of hydrogen-bond donors (Lipinski definition) is 1. The van der Waals surface area contributed by atoms with E-state index in [0.29, 0.717) is 23.4 Å². The van der Waals surface area contributed by atoms with Gasteiger partial charge in [0.25, 0.3) is 5.91 Å². The largest absolute Gasteiger partial charge is 0.496 e. The lowest BCUT2D eigenvalue weighted by molar-refractivity contribution is 0.0600. The highest BCUT2D eigenvalue weighted by Crippen LogP contribution is 2.17. The highest BCUT2D eigenvalue weighted by molar-refractivity contribution is 5.96. The van der Waals surface area contributed by atoms with Crippen LogP contribution in [0.25, 0.3) is 0 Å². The Morgan fingerprint density at radius 1 is 1.00 bits per heavy atom. The molecule has 0 atom stereocenters. The molecule has 2 aromatic rings. The van der Waals surface area contributed by atoms with Gasteiger partial charge in [-0.1, -0.05) is 24.3 Å². The van der Waals surface area contributed by atoms with Gasteiger partial charge in [-0.15, -0.1) is 0 Å². The summed E-state index contributed by atoms with van der Waals surface area (Å²) >= 11 is 0. The van der Waals surface area contributed by atoms with Crippen molar-refractivity contribution in [1.29, 1.82) is 0 Å². The maximum atomic E-state index is 12.2. The quantitative estimate of drug-likeness (QED) is 0.861. The summed E-state index contributed by atoms with van der Waals surface area (Å²) in [5, 5.41) is 2.82. The minimum atomic E-state index is -0.385. The summed E-state index contributed by atoms with van der Waals surface area (Å²) in [6.07, 6.45) is 0. The van der Waals surface area contributed by atoms with Crippen molar-refractivity contribution in [1.82, 2.24) is 5.32 Å². The van der Waals surface area contributed by atoms with E-state index in [9.17, 15) is 9.59 Å². The first kappa shape index (κ1) is 15.6. The van der Waals surface area contributed by atoms with Gasteiger partial charge >= 0.3 is 5.97 Å². The highest BCUT2D eigenvalue weighted by atomic mass is 16.5. The molecular weight excluding hydrogens is 282 g/mol. The number of methoxy groups -OCH3 is 2. The minimum absolute atomic E-state index is 0.213. The van der Waals surface area contributed by atoms with Gasteiger partial charge < -0.3 is 14.8 Å². The van der Waals surface area contributed by atoms with Crippen LogP contribution in [0.1, 0.15) is 26.3 Å². The van der Waals surface area contributed by atoms with Gasteiger partial charge in [-0.2, -0.15) is 0 Å². The van der Waals surface area contributed by atoms with E-state index in [0.717, 1.165) is 5.56 Å². The smallest absolute Gasteiger partial charge is 0.337 e. The van der Waals surface area contributed by atoms with Gasteiger partial charge in [-0.05, 0) is 29.8 Å². The predicted molar refractivity (Wildman–Crippen MR) is 81.9 cm³/mol. The topological polar surface area (TPSA) is 64.6 Å². The number of ether oxygens (including phenoxy) is 2. The average molecular weight is 299 g/mol. The lowest BCUT2D eigenvalue weighted by Crippen LogP contribution is -2.23. The van der Waals surface area contributed by atoms with Crippen LogP contribution in [0.4, 0.5) is 0 Å². The summed E-state index contributed by atoms with van der Waals surface area (Å²) in [6.45, 7) is 0.359. The standard InChI is InChI=1S/C17H17NO4/c1-21-15-6-4-3-5-14(15)16(19)18-11-12-7-9-13(10-8-12)17(20)22-2/h3-10H,11H2,1-2H3,(H,18,19). The molecule has 0 unspecified atom stereocenters. The van der Waals surface area contributed by atoms with Crippen LogP contribution in [0, 0.1) is 0 Å². The van der Waals surface area contributed by atoms with E-state index < -0.39 is 0 Å². The molecule has 5 heteroatoms. The second-order valence-corrected chi connectivity index (χ2v) is 4.57. The fraction of sp³-hybridized carbons (Fsp3) is 0.176. The Kier molecular flexibility index (Phi) is 5.14. The number of hydrogen-bond acceptors (Lipinski definition) is 4. The molecule has 0 spiro atoms. The molecule has 0 aromatic heterocycles. The Hall–Kier alpha value is -2.82. The Balaban J connectivity index is 2.00. The second kappa shape index (κ2) is 7.26. The van der Waals surface area contributed by atoms with Gasteiger partial charge in [-0.3, -0.25) is 4.79 Å². The van der Waals surface area contributed by atoms with Crippen molar-refractivity contribution in [3.63, 3.8) is 0 Å². The number of rotatable bonds is 5. The molecule has 0 heterocycles. The Morgan fingerprint density at radius 2 is 1.68 bits per heavy atom. The van der Waals surface area contributed by atoms with Gasteiger partial charge in [0.05, 0.1) is 25.3 Å². The van der Waals surface area contributed by atoms with Crippen LogP contribution in [-0.2, 0) is 11.3 Å². The molecule has 2 aromatic carbocycles. The summed E-state index contributed by atoms with van der Waals surface area (Å²) in [7, 11) is 2.86. The van der Waals surface area contributed by atoms with Crippen LogP contribution in [-0.4, -0.2) is 26.1 Å². The van der Waals surface area contributed by atoms with Crippen molar-refractivity contribution in [2.75, 3.05) is 14.2 Å². The van der Waals surface area contributed by atoms with Crippen LogP contribution in [0.15, 0.2) is 48.5 Å². The fourth-order valence-electron chi connectivity index (χ4n) is 1.99. The molecule has 114 valence electrons. The van der Waals surface area contributed by atoms with Crippen molar-refractivity contribution < 1.29 is 19.1 Å². The average Bonchev–Trinajstić information content (AvgIpc) is 2.59. The monoisotopic (exact) mass is 299 g/mol. The first-order valence-corrected chi connectivity index (χ1v) is 6.74. The molecule has 2 rings (SSSR count). The van der Waals surface area contributed by atoms with E-state index in [1.165, 1.54) is 14.2 Å². The van der Waals surface area contributed by atoms with Crippen molar-refractivity contribution in [3.8, 4) is 5.75 Å². The molecule has 5 nitrogen and oxygen atoms in total. The highest BCUT2D eigenvalue weighted by Gasteiger charge is 2.11. The SMILES string of the molecule is COC(=O)c1ccc(CNC(=O)c2ccccc2OC)cc1. The Morgan fingerprint density at radius 3 is 2.32 bits per heavy atom. The molecule has 0 aliphatic rings. The molecule has 1 N–H and O–H groups in total. The zero-order valence-corrected chi connectivity index (χ0v) is 12.5. The number of carbonyl (C=O) groups excluding carboxylic acids is 2. The third-order valence-corrected chi connectivity index (χ3v) is 3.18. The van der Waals surface area contributed by atoms with Crippen LogP contribution in [0.3, 0.4) is 0 Å². The summed E-state index contributed by atoms with van der Waals surface area (Å²) in [6, 6.07) is 13.9. The number of benzene rings is 2. The third kappa shape index (κ3) is 3.63. The molecule has 0 aliphatic heterocycles. The first-order chi connectivity index (χ1) is 10.7. The van der Waals surface area contributed by atoms with Crippen molar-refractivity contribution >= 4 is 11.9 Å². The number of carbonyl (C=O) groups is 2. The van der Waals surface area contributed by atoms with Crippen molar-refractivity contribution in [2.45, 2.75) is 6.54 Å². The van der Waals surface area contributed by atoms with Crippen LogP contribution >= 0.6 is 0 Å². The summed E-state index contributed by atoms with van der Waals surface area (Å²) in [5.41, 5.74) is 1.84. The lowest BCUT2D eigenvalue weighted by Gasteiger charge is -2.09. The zero-order chi connectivity index (χ0) is 15.9. The predicted octanol–water partition coefficient (Wildman–Crippen LogP) is 2.41. The number of amides is 1. The van der Waals surface area contributed by atoms with E-state index in [2.05, 4.69) is 10.1 Å². The second-order valence-electron chi connectivity index (χ2n) is 4.57. The van der Waals surface area contributed by atoms with Gasteiger partial charge in [-0.25, -0.2) is 4.79 Å². The Labute approximate surface area is 128 Å². The number of esters is 1. The van der Waals surface area contributed by atoms with E-state index in [-0.39, 0.29) is 11.9 Å². The van der Waals surface area contributed by atoms with E-state index in [1.807, 2.05) is 0 Å². The molecule has 1 amide bonds. The van der Waals surface area contributed by atoms with E-state index in [1.54, 1.807) is 48.5 Å². The van der Waals surface area contributed by atoms with Gasteiger partial charge in [0.15, 0.2) is 0 Å². The van der Waals surface area contributed by atoms with Crippen LogP contribution < -0.4 is 10.1 Å². The van der Waals surface area contributed by atoms with Crippen LogP contribution in [0.5, 0.6) is 5.75 Å². The van der Waals surface area contributed by atoms with Crippen molar-refractivity contribution in [3.05, 3.63) is 65.2 Å². The number of para-hydroxylation sites is 1. The molecular formula is C17H17NO4. The molecule has 22 heavy (non-hydrogen) atoms. The van der Waals surface area contributed by atoms with Crippen LogP contribution in [0.2, 0.25) is 0 Å². The maximum Gasteiger partial charge on any atom is 0.337 e. The summed E-state index contributed by atoms with van der Waals surface area (Å²) in [4.78, 5) is 23.5. The molecule has 0 bridgehead atoms. The Bertz CT molecular complexity index is 665. The van der Waals surface area contributed by atoms with E-state index in [4.69, 9.17) is 4.74 Å².